The first-order valence-electron chi connectivity index (χ1n) is 8.89. The standard InChI is InChI=1S/C22H20FNO3S2/c1-4-22(3,26)13(2)28-21(24)29-16-9-10-17-18(12-20(25)27-19(17)11-16)14-5-7-15(23)8-6-14/h5-12,24,26H,2,4H2,1,3H3. The maximum absolute atomic E-state index is 13.2. The molecule has 2 N–H and O–H groups in total. The highest BCUT2D eigenvalue weighted by Crippen LogP contribution is 2.36. The number of aliphatic hydroxyl groups is 1. The van der Waals surface area contributed by atoms with Gasteiger partial charge in [-0.15, -0.1) is 0 Å². The molecule has 1 atom stereocenters. The predicted octanol–water partition coefficient (Wildman–Crippen LogP) is 6.03. The fourth-order valence-electron chi connectivity index (χ4n) is 2.62. The lowest BCUT2D eigenvalue weighted by Crippen LogP contribution is -2.23. The second-order valence-corrected chi connectivity index (χ2v) is 9.13. The monoisotopic (exact) mass is 429 g/mol. The van der Waals surface area contributed by atoms with Crippen LogP contribution in [0, 0.1) is 11.2 Å². The van der Waals surface area contributed by atoms with Crippen molar-refractivity contribution >= 4 is 38.9 Å². The van der Waals surface area contributed by atoms with Crippen molar-refractivity contribution in [2.75, 3.05) is 0 Å². The van der Waals surface area contributed by atoms with Gasteiger partial charge in [-0.1, -0.05) is 49.2 Å². The molecule has 0 amide bonds. The van der Waals surface area contributed by atoms with Gasteiger partial charge in [0.15, 0.2) is 0 Å². The molecule has 0 radical (unpaired) electrons. The highest BCUT2D eigenvalue weighted by Gasteiger charge is 2.23. The maximum atomic E-state index is 13.2. The lowest BCUT2D eigenvalue weighted by molar-refractivity contribution is 0.104. The molecular weight excluding hydrogens is 409 g/mol. The van der Waals surface area contributed by atoms with Crippen LogP contribution in [0.4, 0.5) is 4.39 Å². The quantitative estimate of drug-likeness (QED) is 0.224. The Labute approximate surface area is 176 Å². The van der Waals surface area contributed by atoms with Gasteiger partial charge < -0.3 is 9.52 Å². The van der Waals surface area contributed by atoms with Gasteiger partial charge in [-0.25, -0.2) is 9.18 Å². The molecule has 29 heavy (non-hydrogen) atoms. The number of hydrogen-bond donors (Lipinski definition) is 2. The largest absolute Gasteiger partial charge is 0.423 e. The van der Waals surface area contributed by atoms with Gasteiger partial charge in [-0.3, -0.25) is 5.41 Å². The summed E-state index contributed by atoms with van der Waals surface area (Å²) < 4.78 is 18.8. The van der Waals surface area contributed by atoms with Crippen LogP contribution in [0.2, 0.25) is 0 Å². The van der Waals surface area contributed by atoms with Crippen molar-refractivity contribution in [3.8, 4) is 11.1 Å². The van der Waals surface area contributed by atoms with Gasteiger partial charge >= 0.3 is 5.63 Å². The van der Waals surface area contributed by atoms with Crippen LogP contribution < -0.4 is 5.63 Å². The third-order valence-electron chi connectivity index (χ3n) is 4.59. The van der Waals surface area contributed by atoms with Crippen LogP contribution in [0.5, 0.6) is 0 Å². The SMILES string of the molecule is C=C(SC(=N)Sc1ccc2c(-c3ccc(F)cc3)cc(=O)oc2c1)C(C)(O)CC. The van der Waals surface area contributed by atoms with Gasteiger partial charge in [0.25, 0.3) is 0 Å². The van der Waals surface area contributed by atoms with Crippen LogP contribution >= 0.6 is 23.5 Å². The summed E-state index contributed by atoms with van der Waals surface area (Å²) >= 11 is 2.30. The van der Waals surface area contributed by atoms with E-state index >= 15 is 0 Å². The Balaban J connectivity index is 1.89. The molecule has 0 spiro atoms. The minimum atomic E-state index is -1.04. The summed E-state index contributed by atoms with van der Waals surface area (Å²) in [4.78, 5) is 13.3. The van der Waals surface area contributed by atoms with E-state index in [1.54, 1.807) is 25.1 Å². The second kappa shape index (κ2) is 8.57. The van der Waals surface area contributed by atoms with E-state index in [4.69, 9.17) is 9.83 Å². The molecule has 0 saturated heterocycles. The lowest BCUT2D eigenvalue weighted by atomic mass is 10.0. The molecule has 150 valence electrons. The summed E-state index contributed by atoms with van der Waals surface area (Å²) in [5, 5.41) is 19.1. The predicted molar refractivity (Wildman–Crippen MR) is 119 cm³/mol. The van der Waals surface area contributed by atoms with Crippen LogP contribution in [-0.2, 0) is 0 Å². The van der Waals surface area contributed by atoms with Crippen molar-refractivity contribution in [1.82, 2.24) is 0 Å². The highest BCUT2D eigenvalue weighted by molar-refractivity contribution is 8.40. The maximum Gasteiger partial charge on any atom is 0.336 e. The summed E-state index contributed by atoms with van der Waals surface area (Å²) in [6, 6.07) is 12.6. The summed E-state index contributed by atoms with van der Waals surface area (Å²) in [7, 11) is 0. The Morgan fingerprint density at radius 1 is 1.24 bits per heavy atom. The number of thioether (sulfide) groups is 2. The third kappa shape index (κ3) is 4.98. The van der Waals surface area contributed by atoms with E-state index in [0.29, 0.717) is 28.0 Å². The minimum absolute atomic E-state index is 0.250. The fraction of sp³-hybridized carbons (Fsp3) is 0.182. The van der Waals surface area contributed by atoms with Crippen molar-refractivity contribution in [1.29, 1.82) is 5.41 Å². The van der Waals surface area contributed by atoms with Gasteiger partial charge in [-0.05, 0) is 54.8 Å². The smallest absolute Gasteiger partial charge is 0.336 e. The lowest BCUT2D eigenvalue weighted by Gasteiger charge is -2.23. The Hall–Kier alpha value is -2.35. The van der Waals surface area contributed by atoms with E-state index in [2.05, 4.69) is 6.58 Å². The van der Waals surface area contributed by atoms with Crippen molar-refractivity contribution in [2.24, 2.45) is 0 Å². The molecule has 1 unspecified atom stereocenters. The molecule has 0 bridgehead atoms. The molecule has 0 aliphatic rings. The molecular formula is C22H20FNO3S2. The van der Waals surface area contributed by atoms with Crippen molar-refractivity contribution in [2.45, 2.75) is 30.8 Å². The van der Waals surface area contributed by atoms with E-state index in [-0.39, 0.29) is 10.2 Å². The first kappa shape index (κ1) is 21.4. The summed E-state index contributed by atoms with van der Waals surface area (Å²) in [5.41, 5.74) is 0.211. The van der Waals surface area contributed by atoms with Gasteiger partial charge in [-0.2, -0.15) is 0 Å². The van der Waals surface area contributed by atoms with Crippen molar-refractivity contribution in [3.05, 3.63) is 76.3 Å². The van der Waals surface area contributed by atoms with Crippen LogP contribution in [0.15, 0.2) is 74.1 Å². The summed E-state index contributed by atoms with van der Waals surface area (Å²) in [6.07, 6.45) is 0.504. The van der Waals surface area contributed by atoms with E-state index in [0.717, 1.165) is 22.0 Å². The number of nitrogens with one attached hydrogen (secondary N) is 1. The molecule has 3 aromatic rings. The highest BCUT2D eigenvalue weighted by atomic mass is 32.2. The molecule has 0 fully saturated rings. The molecule has 7 heteroatoms. The second-order valence-electron chi connectivity index (χ2n) is 6.69. The third-order valence-corrected chi connectivity index (χ3v) is 6.63. The first-order valence-corrected chi connectivity index (χ1v) is 10.5. The molecule has 3 rings (SSSR count). The Morgan fingerprint density at radius 3 is 2.59 bits per heavy atom. The Morgan fingerprint density at radius 2 is 1.93 bits per heavy atom. The van der Waals surface area contributed by atoms with Gasteiger partial charge in [0.2, 0.25) is 0 Å². The van der Waals surface area contributed by atoms with E-state index in [9.17, 15) is 14.3 Å². The molecule has 0 aliphatic heterocycles. The fourth-order valence-corrected chi connectivity index (χ4v) is 4.48. The molecule has 0 saturated carbocycles. The van der Waals surface area contributed by atoms with E-state index in [1.807, 2.05) is 19.1 Å². The Bertz CT molecular complexity index is 1140. The molecule has 1 heterocycles. The molecule has 4 nitrogen and oxygen atoms in total. The average molecular weight is 430 g/mol. The minimum Gasteiger partial charge on any atom is -0.423 e. The van der Waals surface area contributed by atoms with Crippen LogP contribution in [0.25, 0.3) is 22.1 Å². The number of hydrogen-bond acceptors (Lipinski definition) is 6. The number of rotatable bonds is 5. The van der Waals surface area contributed by atoms with E-state index in [1.165, 1.54) is 30.0 Å². The zero-order valence-corrected chi connectivity index (χ0v) is 17.6. The summed E-state index contributed by atoms with van der Waals surface area (Å²) in [6.45, 7) is 7.39. The van der Waals surface area contributed by atoms with Crippen LogP contribution in [0.3, 0.4) is 0 Å². The summed E-state index contributed by atoms with van der Waals surface area (Å²) in [5.74, 6) is -0.348. The normalized spacial score (nSPS) is 13.2. The van der Waals surface area contributed by atoms with Crippen molar-refractivity contribution < 1.29 is 13.9 Å². The topological polar surface area (TPSA) is 74.3 Å². The van der Waals surface area contributed by atoms with E-state index < -0.39 is 11.2 Å². The molecule has 2 aromatic carbocycles. The Kier molecular flexibility index (Phi) is 6.31. The number of benzene rings is 2. The number of halogens is 1. The van der Waals surface area contributed by atoms with Crippen LogP contribution in [0.1, 0.15) is 20.3 Å². The number of fused-ring (bicyclic) bond motifs is 1. The first-order chi connectivity index (χ1) is 13.7. The zero-order chi connectivity index (χ0) is 21.2. The van der Waals surface area contributed by atoms with Crippen LogP contribution in [-0.4, -0.2) is 15.1 Å². The average Bonchev–Trinajstić information content (AvgIpc) is 2.67. The van der Waals surface area contributed by atoms with Gasteiger partial charge in [0, 0.05) is 21.3 Å². The van der Waals surface area contributed by atoms with Gasteiger partial charge in [0.05, 0.1) is 5.60 Å². The van der Waals surface area contributed by atoms with Gasteiger partial charge in [0.1, 0.15) is 15.8 Å². The zero-order valence-electron chi connectivity index (χ0n) is 16.0. The van der Waals surface area contributed by atoms with Crippen molar-refractivity contribution in [3.63, 3.8) is 0 Å². The molecule has 1 aromatic heterocycles. The molecule has 0 aliphatic carbocycles.